The van der Waals surface area contributed by atoms with Crippen molar-refractivity contribution in [1.29, 1.82) is 0 Å². The molecule has 1 aliphatic rings. The van der Waals surface area contributed by atoms with E-state index in [9.17, 15) is 14.4 Å². The van der Waals surface area contributed by atoms with Crippen molar-refractivity contribution in [3.8, 4) is 5.75 Å². The van der Waals surface area contributed by atoms with Crippen LogP contribution in [0.5, 0.6) is 5.75 Å². The molecule has 9 heteroatoms. The molecule has 1 atom stereocenters. The fraction of sp³-hybridized carbons (Fsp3) is 0.346. The van der Waals surface area contributed by atoms with Gasteiger partial charge in [-0.3, -0.25) is 14.4 Å². The summed E-state index contributed by atoms with van der Waals surface area (Å²) in [5.41, 5.74) is 0.615. The number of nitrogens with zero attached hydrogens (tertiary/aromatic N) is 1. The average Bonchev–Trinajstić information content (AvgIpc) is 3.66. The highest BCUT2D eigenvalue weighted by Gasteiger charge is 2.34. The predicted molar refractivity (Wildman–Crippen MR) is 132 cm³/mol. The molecule has 0 bridgehead atoms. The molecule has 2 heterocycles. The zero-order chi connectivity index (χ0) is 24.6. The van der Waals surface area contributed by atoms with Gasteiger partial charge >= 0.3 is 0 Å². The smallest absolute Gasteiger partial charge is 0.261 e. The second-order valence-corrected chi connectivity index (χ2v) is 9.38. The van der Waals surface area contributed by atoms with Crippen molar-refractivity contribution < 1.29 is 23.5 Å². The third kappa shape index (κ3) is 6.30. The van der Waals surface area contributed by atoms with E-state index in [2.05, 4.69) is 10.6 Å². The fourth-order valence-corrected chi connectivity index (χ4v) is 4.92. The molecule has 3 amide bonds. The van der Waals surface area contributed by atoms with Gasteiger partial charge in [-0.1, -0.05) is 31.0 Å². The van der Waals surface area contributed by atoms with Gasteiger partial charge in [-0.2, -0.15) is 0 Å². The van der Waals surface area contributed by atoms with E-state index in [4.69, 9.17) is 9.15 Å². The van der Waals surface area contributed by atoms with Crippen LogP contribution < -0.4 is 15.4 Å². The van der Waals surface area contributed by atoms with Crippen molar-refractivity contribution in [3.63, 3.8) is 0 Å². The Hall–Kier alpha value is -3.59. The van der Waals surface area contributed by atoms with Gasteiger partial charge < -0.3 is 24.7 Å². The van der Waals surface area contributed by atoms with Crippen LogP contribution in [0.4, 0.5) is 0 Å². The SMILES string of the molecule is COc1cccc([C@H](C(=O)NC2CCCC2)N(Cc2ccco2)C(=O)CNC(=O)c2cccs2)c1. The van der Waals surface area contributed by atoms with Gasteiger partial charge in [-0.05, 0) is 54.1 Å². The summed E-state index contributed by atoms with van der Waals surface area (Å²) in [6.07, 6.45) is 5.49. The zero-order valence-electron chi connectivity index (χ0n) is 19.6. The fourth-order valence-electron chi connectivity index (χ4n) is 4.28. The number of methoxy groups -OCH3 is 1. The van der Waals surface area contributed by atoms with E-state index in [1.165, 1.54) is 22.5 Å². The molecule has 2 N–H and O–H groups in total. The number of amides is 3. The summed E-state index contributed by atoms with van der Waals surface area (Å²) >= 11 is 1.29. The van der Waals surface area contributed by atoms with Crippen LogP contribution in [0.15, 0.2) is 64.6 Å². The Morgan fingerprint density at radius 3 is 2.66 bits per heavy atom. The van der Waals surface area contributed by atoms with E-state index in [1.54, 1.807) is 61.0 Å². The highest BCUT2D eigenvalue weighted by atomic mass is 32.1. The van der Waals surface area contributed by atoms with E-state index >= 15 is 0 Å². The van der Waals surface area contributed by atoms with E-state index in [0.29, 0.717) is 22.0 Å². The van der Waals surface area contributed by atoms with Gasteiger partial charge in [0.05, 0.1) is 31.3 Å². The summed E-state index contributed by atoms with van der Waals surface area (Å²) in [7, 11) is 1.55. The number of ether oxygens (including phenoxy) is 1. The molecule has 1 fully saturated rings. The third-order valence-electron chi connectivity index (χ3n) is 6.04. The number of carbonyl (C=O) groups is 3. The molecule has 35 heavy (non-hydrogen) atoms. The molecule has 3 aromatic rings. The Balaban J connectivity index is 1.63. The lowest BCUT2D eigenvalue weighted by Crippen LogP contribution is -2.48. The molecule has 0 radical (unpaired) electrons. The first-order valence-electron chi connectivity index (χ1n) is 11.6. The van der Waals surface area contributed by atoms with Gasteiger partial charge in [0.2, 0.25) is 11.8 Å². The number of thiophene rings is 1. The van der Waals surface area contributed by atoms with Crippen molar-refractivity contribution in [1.82, 2.24) is 15.5 Å². The van der Waals surface area contributed by atoms with Crippen molar-refractivity contribution in [2.24, 2.45) is 0 Å². The summed E-state index contributed by atoms with van der Waals surface area (Å²) in [4.78, 5) is 41.6. The second-order valence-electron chi connectivity index (χ2n) is 8.43. The second kappa shape index (κ2) is 11.7. The molecule has 8 nitrogen and oxygen atoms in total. The number of hydrogen-bond acceptors (Lipinski definition) is 6. The average molecular weight is 496 g/mol. The van der Waals surface area contributed by atoms with Gasteiger partial charge in [-0.15, -0.1) is 11.3 Å². The Morgan fingerprint density at radius 1 is 1.14 bits per heavy atom. The molecule has 1 aromatic carbocycles. The van der Waals surface area contributed by atoms with Gasteiger partial charge in [0.1, 0.15) is 17.6 Å². The molecule has 4 rings (SSSR count). The van der Waals surface area contributed by atoms with Crippen LogP contribution in [0.25, 0.3) is 0 Å². The van der Waals surface area contributed by atoms with Gasteiger partial charge in [0.15, 0.2) is 0 Å². The lowest BCUT2D eigenvalue weighted by atomic mass is 10.0. The van der Waals surface area contributed by atoms with Gasteiger partial charge in [-0.25, -0.2) is 0 Å². The predicted octanol–water partition coefficient (Wildman–Crippen LogP) is 3.91. The molecule has 2 aromatic heterocycles. The number of rotatable bonds is 10. The molecule has 0 saturated heterocycles. The summed E-state index contributed by atoms with van der Waals surface area (Å²) in [5, 5.41) is 7.60. The Kier molecular flexibility index (Phi) is 8.20. The lowest BCUT2D eigenvalue weighted by molar-refractivity contribution is -0.141. The normalized spacial score (nSPS) is 14.3. The molecule has 1 saturated carbocycles. The van der Waals surface area contributed by atoms with E-state index in [1.807, 2.05) is 0 Å². The first kappa shape index (κ1) is 24.5. The topological polar surface area (TPSA) is 101 Å². The Morgan fingerprint density at radius 2 is 1.97 bits per heavy atom. The first-order valence-corrected chi connectivity index (χ1v) is 12.5. The first-order chi connectivity index (χ1) is 17.0. The number of carbonyl (C=O) groups excluding carboxylic acids is 3. The largest absolute Gasteiger partial charge is 0.497 e. The van der Waals surface area contributed by atoms with Gasteiger partial charge in [0, 0.05) is 6.04 Å². The summed E-state index contributed by atoms with van der Waals surface area (Å²) in [6.45, 7) is -0.185. The van der Waals surface area contributed by atoms with Crippen molar-refractivity contribution in [2.75, 3.05) is 13.7 Å². The summed E-state index contributed by atoms with van der Waals surface area (Å²) < 4.78 is 10.9. The van der Waals surface area contributed by atoms with Crippen LogP contribution in [-0.2, 0) is 16.1 Å². The molecular weight excluding hydrogens is 466 g/mol. The maximum absolute atomic E-state index is 13.6. The number of nitrogens with one attached hydrogen (secondary N) is 2. The number of hydrogen-bond donors (Lipinski definition) is 2. The molecule has 0 aliphatic heterocycles. The Labute approximate surface area is 208 Å². The quantitative estimate of drug-likeness (QED) is 0.444. The molecule has 0 unspecified atom stereocenters. The zero-order valence-corrected chi connectivity index (χ0v) is 20.4. The van der Waals surface area contributed by atoms with E-state index < -0.39 is 11.9 Å². The monoisotopic (exact) mass is 495 g/mol. The van der Waals surface area contributed by atoms with Crippen molar-refractivity contribution in [3.05, 3.63) is 76.4 Å². The Bertz CT molecular complexity index is 1120. The highest BCUT2D eigenvalue weighted by Crippen LogP contribution is 2.28. The van der Waals surface area contributed by atoms with E-state index in [0.717, 1.165) is 25.7 Å². The van der Waals surface area contributed by atoms with Crippen LogP contribution in [0.1, 0.15) is 52.7 Å². The molecular formula is C26H29N3O5S. The minimum absolute atomic E-state index is 0.0701. The van der Waals surface area contributed by atoms with Crippen molar-refractivity contribution >= 4 is 29.1 Å². The standard InChI is InChI=1S/C26H29N3O5S/c1-33-20-10-4-7-18(15-20)24(26(32)28-19-8-2-3-9-19)29(17-21-11-5-13-34-21)23(30)16-27-25(31)22-12-6-14-35-22/h4-7,10-15,19,24H,2-3,8-9,16-17H2,1H3,(H,27,31)(H,28,32)/t24-/m1/s1. The summed E-state index contributed by atoms with van der Waals surface area (Å²) in [6, 6.07) is 13.2. The maximum atomic E-state index is 13.6. The van der Waals surface area contributed by atoms with E-state index in [-0.39, 0.29) is 30.9 Å². The van der Waals surface area contributed by atoms with Crippen LogP contribution in [0.3, 0.4) is 0 Å². The minimum atomic E-state index is -0.929. The third-order valence-corrected chi connectivity index (χ3v) is 6.91. The summed E-state index contributed by atoms with van der Waals surface area (Å²) in [5.74, 6) is 0.108. The number of furan rings is 1. The highest BCUT2D eigenvalue weighted by molar-refractivity contribution is 7.12. The molecule has 0 spiro atoms. The van der Waals surface area contributed by atoms with Crippen LogP contribution in [0, 0.1) is 0 Å². The lowest BCUT2D eigenvalue weighted by Gasteiger charge is -2.32. The maximum Gasteiger partial charge on any atom is 0.261 e. The van der Waals surface area contributed by atoms with Crippen LogP contribution >= 0.6 is 11.3 Å². The van der Waals surface area contributed by atoms with Gasteiger partial charge in [0.25, 0.3) is 5.91 Å². The molecule has 184 valence electrons. The van der Waals surface area contributed by atoms with Crippen molar-refractivity contribution in [2.45, 2.75) is 44.3 Å². The van der Waals surface area contributed by atoms with Crippen LogP contribution in [-0.4, -0.2) is 42.3 Å². The minimum Gasteiger partial charge on any atom is -0.497 e. The van der Waals surface area contributed by atoms with Crippen LogP contribution in [0.2, 0.25) is 0 Å². The molecule has 1 aliphatic carbocycles. The number of benzene rings is 1.